The number of nitrogens with zero attached hydrogens (tertiary/aromatic N) is 4. The Bertz CT molecular complexity index is 2830. The van der Waals surface area contributed by atoms with Crippen molar-refractivity contribution in [1.82, 2.24) is 15.0 Å². The van der Waals surface area contributed by atoms with Crippen LogP contribution in [0.1, 0.15) is 5.56 Å². The van der Waals surface area contributed by atoms with Crippen LogP contribution in [0.25, 0.3) is 89.8 Å². The third-order valence-corrected chi connectivity index (χ3v) is 10.0. The molecule has 0 saturated carbocycles. The second kappa shape index (κ2) is 15.3. The van der Waals surface area contributed by atoms with E-state index in [1.54, 1.807) is 0 Å². The lowest BCUT2D eigenvalue weighted by Crippen LogP contribution is -2.02. The summed E-state index contributed by atoms with van der Waals surface area (Å²) in [6.45, 7) is 0. The summed E-state index contributed by atoms with van der Waals surface area (Å²) in [7, 11) is 0. The number of rotatable bonds is 8. The Labute approximate surface area is 326 Å². The van der Waals surface area contributed by atoms with Gasteiger partial charge in [-0.3, -0.25) is 0 Å². The van der Waals surface area contributed by atoms with Crippen molar-refractivity contribution in [1.29, 1.82) is 5.26 Å². The number of nitriles is 1. The molecule has 1 aromatic heterocycles. The van der Waals surface area contributed by atoms with Gasteiger partial charge in [-0.1, -0.05) is 188 Å². The van der Waals surface area contributed by atoms with Crippen LogP contribution >= 0.6 is 0 Å². The first-order chi connectivity index (χ1) is 27.7. The Morgan fingerprint density at radius 3 is 1.30 bits per heavy atom. The summed E-state index contributed by atoms with van der Waals surface area (Å²) < 4.78 is 0. The molecule has 0 aliphatic carbocycles. The highest BCUT2D eigenvalue weighted by atomic mass is 15.0. The molecule has 4 heteroatoms. The minimum Gasteiger partial charge on any atom is -0.208 e. The van der Waals surface area contributed by atoms with E-state index in [2.05, 4.69) is 127 Å². The van der Waals surface area contributed by atoms with Crippen molar-refractivity contribution in [2.24, 2.45) is 0 Å². The van der Waals surface area contributed by atoms with Crippen LogP contribution in [0, 0.1) is 11.3 Å². The molecule has 0 radical (unpaired) electrons. The van der Waals surface area contributed by atoms with Crippen molar-refractivity contribution in [2.45, 2.75) is 0 Å². The van der Waals surface area contributed by atoms with E-state index in [0.29, 0.717) is 23.0 Å². The molecule has 0 saturated heterocycles. The van der Waals surface area contributed by atoms with Gasteiger partial charge in [0, 0.05) is 22.3 Å². The fourth-order valence-electron chi connectivity index (χ4n) is 7.17. The van der Waals surface area contributed by atoms with E-state index in [9.17, 15) is 5.26 Å². The first-order valence-corrected chi connectivity index (χ1v) is 18.6. The van der Waals surface area contributed by atoms with Crippen molar-refractivity contribution in [3.63, 3.8) is 0 Å². The molecule has 56 heavy (non-hydrogen) atoms. The van der Waals surface area contributed by atoms with Crippen LogP contribution < -0.4 is 0 Å². The van der Waals surface area contributed by atoms with E-state index < -0.39 is 0 Å². The lowest BCUT2D eigenvalue weighted by atomic mass is 9.88. The zero-order valence-electron chi connectivity index (χ0n) is 30.4. The van der Waals surface area contributed by atoms with E-state index in [1.807, 2.05) is 84.9 Å². The number of hydrogen-bond acceptors (Lipinski definition) is 4. The van der Waals surface area contributed by atoms with Gasteiger partial charge in [0.1, 0.15) is 0 Å². The smallest absolute Gasteiger partial charge is 0.164 e. The quantitative estimate of drug-likeness (QED) is 0.157. The molecule has 0 aliphatic heterocycles. The molecule has 1 heterocycles. The second-order valence-electron chi connectivity index (χ2n) is 13.6. The fourth-order valence-corrected chi connectivity index (χ4v) is 7.17. The molecule has 262 valence electrons. The van der Waals surface area contributed by atoms with E-state index in [-0.39, 0.29) is 0 Å². The first-order valence-electron chi connectivity index (χ1n) is 18.6. The van der Waals surface area contributed by atoms with Gasteiger partial charge >= 0.3 is 0 Å². The van der Waals surface area contributed by atoms with Crippen molar-refractivity contribution in [3.05, 3.63) is 212 Å². The van der Waals surface area contributed by atoms with Crippen LogP contribution in [0.5, 0.6) is 0 Å². The molecule has 0 atom stereocenters. The SMILES string of the molecule is N#Cc1cccc(-c2cccc(-c3nc(-c4ccccc4)nc(-c4cccc(-c5ccc(-c6ccccc6)cc5)c4-c4ccc(-c5ccccc5)cc4)n3)c2)c1. The van der Waals surface area contributed by atoms with Crippen molar-refractivity contribution in [2.75, 3.05) is 0 Å². The summed E-state index contributed by atoms with van der Waals surface area (Å²) in [5.41, 5.74) is 14.1. The molecule has 0 aliphatic rings. The largest absolute Gasteiger partial charge is 0.208 e. The molecular formula is C52H34N4. The topological polar surface area (TPSA) is 62.5 Å². The molecule has 9 aromatic rings. The molecule has 0 N–H and O–H groups in total. The van der Waals surface area contributed by atoms with Gasteiger partial charge in [0.25, 0.3) is 0 Å². The average Bonchev–Trinajstić information content (AvgIpc) is 3.29. The highest BCUT2D eigenvalue weighted by molar-refractivity contribution is 5.94. The lowest BCUT2D eigenvalue weighted by Gasteiger charge is -2.17. The molecular weight excluding hydrogens is 681 g/mol. The monoisotopic (exact) mass is 714 g/mol. The van der Waals surface area contributed by atoms with E-state index in [4.69, 9.17) is 15.0 Å². The molecule has 0 amide bonds. The third-order valence-electron chi connectivity index (χ3n) is 10.0. The van der Waals surface area contributed by atoms with Gasteiger partial charge in [-0.2, -0.15) is 5.26 Å². The predicted octanol–water partition coefficient (Wildman–Crippen LogP) is 13.1. The van der Waals surface area contributed by atoms with Gasteiger partial charge in [-0.05, 0) is 68.3 Å². The summed E-state index contributed by atoms with van der Waals surface area (Å²) >= 11 is 0. The Balaban J connectivity index is 1.23. The predicted molar refractivity (Wildman–Crippen MR) is 228 cm³/mol. The first kappa shape index (κ1) is 34.1. The van der Waals surface area contributed by atoms with Gasteiger partial charge < -0.3 is 0 Å². The van der Waals surface area contributed by atoms with Crippen LogP contribution in [0.4, 0.5) is 0 Å². The van der Waals surface area contributed by atoms with Crippen LogP contribution in [-0.4, -0.2) is 15.0 Å². The normalized spacial score (nSPS) is 10.8. The van der Waals surface area contributed by atoms with Crippen molar-refractivity contribution >= 4 is 0 Å². The summed E-state index contributed by atoms with van der Waals surface area (Å²) in [5, 5.41) is 9.56. The van der Waals surface area contributed by atoms with Crippen molar-refractivity contribution in [3.8, 4) is 95.9 Å². The highest BCUT2D eigenvalue weighted by Gasteiger charge is 2.20. The Morgan fingerprint density at radius 1 is 0.286 bits per heavy atom. The molecule has 0 fully saturated rings. The number of benzene rings is 8. The number of hydrogen-bond donors (Lipinski definition) is 0. The minimum absolute atomic E-state index is 0.565. The summed E-state index contributed by atoms with van der Waals surface area (Å²) in [6.07, 6.45) is 0. The van der Waals surface area contributed by atoms with E-state index >= 15 is 0 Å². The maximum absolute atomic E-state index is 9.56. The van der Waals surface area contributed by atoms with Crippen LogP contribution in [0.2, 0.25) is 0 Å². The Morgan fingerprint density at radius 2 is 0.696 bits per heavy atom. The lowest BCUT2D eigenvalue weighted by molar-refractivity contribution is 1.07. The molecule has 9 rings (SSSR count). The number of aromatic nitrogens is 3. The van der Waals surface area contributed by atoms with E-state index in [1.165, 1.54) is 11.1 Å². The van der Waals surface area contributed by atoms with Crippen LogP contribution in [0.3, 0.4) is 0 Å². The van der Waals surface area contributed by atoms with E-state index in [0.717, 1.165) is 61.2 Å². The van der Waals surface area contributed by atoms with Gasteiger partial charge in [-0.25, -0.2) is 15.0 Å². The molecule has 8 aromatic carbocycles. The summed E-state index contributed by atoms with van der Waals surface area (Å²) in [4.78, 5) is 15.5. The summed E-state index contributed by atoms with van der Waals surface area (Å²) in [5.74, 6) is 1.73. The maximum Gasteiger partial charge on any atom is 0.164 e. The third kappa shape index (κ3) is 7.01. The van der Waals surface area contributed by atoms with Crippen LogP contribution in [-0.2, 0) is 0 Å². The molecule has 4 nitrogen and oxygen atoms in total. The standard InChI is InChI=1S/C52H34N4/c53-35-36-13-10-20-44(33-36)45-21-11-22-46(34-45)51-54-50(43-18-8-3-9-19-43)55-52(56-51)48-24-12-23-47(41-29-25-39(26-30-41)37-14-4-1-5-15-37)49(48)42-31-27-40(28-32-42)38-16-6-2-7-17-38/h1-34H. The maximum atomic E-state index is 9.56. The second-order valence-corrected chi connectivity index (χ2v) is 13.6. The van der Waals surface area contributed by atoms with Gasteiger partial charge in [0.2, 0.25) is 0 Å². The van der Waals surface area contributed by atoms with Gasteiger partial charge in [-0.15, -0.1) is 0 Å². The molecule has 0 spiro atoms. The average molecular weight is 715 g/mol. The fraction of sp³-hybridized carbons (Fsp3) is 0. The zero-order valence-corrected chi connectivity index (χ0v) is 30.4. The molecule has 0 bridgehead atoms. The van der Waals surface area contributed by atoms with Crippen molar-refractivity contribution < 1.29 is 0 Å². The zero-order chi connectivity index (χ0) is 37.7. The molecule has 0 unspecified atom stereocenters. The highest BCUT2D eigenvalue weighted by Crippen LogP contribution is 2.41. The summed E-state index contributed by atoms with van der Waals surface area (Å²) in [6, 6.07) is 72.9. The van der Waals surface area contributed by atoms with Gasteiger partial charge in [0.05, 0.1) is 11.6 Å². The van der Waals surface area contributed by atoms with Gasteiger partial charge in [0.15, 0.2) is 17.5 Å². The Kier molecular flexibility index (Phi) is 9.31. The minimum atomic E-state index is 0.565. The Hall–Kier alpha value is -7.74. The van der Waals surface area contributed by atoms with Crippen LogP contribution in [0.15, 0.2) is 206 Å².